The average Bonchev–Trinajstić information content (AvgIpc) is 3.17. The Kier molecular flexibility index (Phi) is 3.95. The van der Waals surface area contributed by atoms with Crippen LogP contribution in [0.3, 0.4) is 0 Å². The summed E-state index contributed by atoms with van der Waals surface area (Å²) in [6.07, 6.45) is -3.11. The Morgan fingerprint density at radius 2 is 2.07 bits per heavy atom. The van der Waals surface area contributed by atoms with Crippen molar-refractivity contribution in [3.8, 4) is 5.75 Å². The molecule has 0 atom stereocenters. The van der Waals surface area contributed by atoms with E-state index in [1.54, 1.807) is 25.3 Å². The highest BCUT2D eigenvalue weighted by Gasteiger charge is 2.36. The molecule has 1 aromatic carbocycles. The van der Waals surface area contributed by atoms with Crippen molar-refractivity contribution in [1.29, 1.82) is 0 Å². The predicted molar refractivity (Wildman–Crippen MR) is 95.3 cm³/mol. The Morgan fingerprint density at radius 3 is 2.78 bits per heavy atom. The molecule has 3 aromatic heterocycles. The molecule has 0 fully saturated rings. The maximum atomic E-state index is 12.9. The second-order valence-electron chi connectivity index (χ2n) is 5.95. The molecule has 0 saturated heterocycles. The first-order valence-corrected chi connectivity index (χ1v) is 8.66. The van der Waals surface area contributed by atoms with Gasteiger partial charge in [-0.1, -0.05) is 12.1 Å². The van der Waals surface area contributed by atoms with Crippen LogP contribution < -0.4 is 10.3 Å². The van der Waals surface area contributed by atoms with Crippen LogP contribution in [0.5, 0.6) is 5.75 Å². The molecule has 0 amide bonds. The van der Waals surface area contributed by atoms with Crippen molar-refractivity contribution in [3.63, 3.8) is 0 Å². The smallest absolute Gasteiger partial charge is 0.443 e. The SMILES string of the molecule is COc1cccc(Cn2ncc3c4sc(C(F)(F)F)nc4n(C)c3c2=O)c1. The molecule has 0 radical (unpaired) electrons. The number of benzene rings is 1. The molecule has 0 aliphatic rings. The van der Waals surface area contributed by atoms with E-state index in [-0.39, 0.29) is 17.7 Å². The highest BCUT2D eigenvalue weighted by molar-refractivity contribution is 7.19. The van der Waals surface area contributed by atoms with E-state index in [0.29, 0.717) is 27.2 Å². The Balaban J connectivity index is 1.84. The number of hydrogen-bond donors (Lipinski definition) is 0. The lowest BCUT2D eigenvalue weighted by Crippen LogP contribution is -2.24. The third-order valence-electron chi connectivity index (χ3n) is 4.23. The van der Waals surface area contributed by atoms with Gasteiger partial charge in [0, 0.05) is 12.4 Å². The molecule has 0 aliphatic carbocycles. The predicted octanol–water partition coefficient (Wildman–Crippen LogP) is 3.42. The van der Waals surface area contributed by atoms with E-state index < -0.39 is 16.7 Å². The van der Waals surface area contributed by atoms with Crippen molar-refractivity contribution < 1.29 is 17.9 Å². The standard InChI is InChI=1S/C17H13F3N4O2S/c1-23-12-11(13-14(23)22-16(27-13)17(18,19)20)7-21-24(15(12)25)8-9-4-3-5-10(6-9)26-2/h3-7H,8H2,1-2H3. The molecule has 0 unspecified atom stereocenters. The van der Waals surface area contributed by atoms with Gasteiger partial charge in [0.15, 0.2) is 5.65 Å². The number of methoxy groups -OCH3 is 1. The molecule has 0 bridgehead atoms. The number of hydrogen-bond acceptors (Lipinski definition) is 5. The molecule has 10 heteroatoms. The summed E-state index contributed by atoms with van der Waals surface area (Å²) < 4.78 is 46.9. The maximum Gasteiger partial charge on any atom is 0.443 e. The summed E-state index contributed by atoms with van der Waals surface area (Å²) in [6, 6.07) is 7.22. The summed E-state index contributed by atoms with van der Waals surface area (Å²) in [5, 5.41) is 3.57. The monoisotopic (exact) mass is 394 g/mol. The van der Waals surface area contributed by atoms with Crippen molar-refractivity contribution >= 4 is 32.6 Å². The van der Waals surface area contributed by atoms with Gasteiger partial charge in [-0.2, -0.15) is 18.3 Å². The van der Waals surface area contributed by atoms with Gasteiger partial charge in [-0.25, -0.2) is 9.67 Å². The Hall–Kier alpha value is -2.88. The van der Waals surface area contributed by atoms with Gasteiger partial charge >= 0.3 is 6.18 Å². The third-order valence-corrected chi connectivity index (χ3v) is 5.36. The maximum absolute atomic E-state index is 12.9. The fourth-order valence-electron chi connectivity index (χ4n) is 2.97. The zero-order chi connectivity index (χ0) is 19.3. The van der Waals surface area contributed by atoms with Crippen LogP contribution in [-0.4, -0.2) is 26.4 Å². The van der Waals surface area contributed by atoms with Crippen LogP contribution >= 0.6 is 11.3 Å². The fraction of sp³-hybridized carbons (Fsp3) is 0.235. The number of aromatic nitrogens is 4. The number of thiazole rings is 1. The van der Waals surface area contributed by atoms with Crippen molar-refractivity contribution in [1.82, 2.24) is 19.3 Å². The van der Waals surface area contributed by atoms with Crippen LogP contribution in [0.2, 0.25) is 0 Å². The van der Waals surface area contributed by atoms with E-state index in [9.17, 15) is 18.0 Å². The number of alkyl halides is 3. The normalized spacial score (nSPS) is 12.2. The summed E-state index contributed by atoms with van der Waals surface area (Å²) >= 11 is 0.516. The van der Waals surface area contributed by atoms with E-state index in [2.05, 4.69) is 10.1 Å². The van der Waals surface area contributed by atoms with Crippen LogP contribution in [0.4, 0.5) is 13.2 Å². The van der Waals surface area contributed by atoms with E-state index >= 15 is 0 Å². The number of fused-ring (bicyclic) bond motifs is 3. The lowest BCUT2D eigenvalue weighted by Gasteiger charge is -2.07. The fourth-order valence-corrected chi connectivity index (χ4v) is 3.94. The summed E-state index contributed by atoms with van der Waals surface area (Å²) in [5.41, 5.74) is 0.823. The molecule has 140 valence electrons. The van der Waals surface area contributed by atoms with Crippen molar-refractivity contribution in [2.75, 3.05) is 7.11 Å². The zero-order valence-electron chi connectivity index (χ0n) is 14.2. The lowest BCUT2D eigenvalue weighted by atomic mass is 10.2. The van der Waals surface area contributed by atoms with E-state index in [1.807, 2.05) is 6.07 Å². The highest BCUT2D eigenvalue weighted by atomic mass is 32.1. The lowest BCUT2D eigenvalue weighted by molar-refractivity contribution is -0.137. The minimum Gasteiger partial charge on any atom is -0.497 e. The minimum atomic E-state index is -4.52. The Labute approximate surface area is 154 Å². The topological polar surface area (TPSA) is 61.9 Å². The van der Waals surface area contributed by atoms with Crippen LogP contribution in [-0.2, 0) is 19.8 Å². The molecule has 27 heavy (non-hydrogen) atoms. The van der Waals surface area contributed by atoms with Crippen LogP contribution in [0, 0.1) is 0 Å². The first-order valence-electron chi connectivity index (χ1n) is 7.84. The molecule has 0 N–H and O–H groups in total. The first kappa shape index (κ1) is 17.5. The molecule has 0 saturated carbocycles. The third kappa shape index (κ3) is 2.85. The van der Waals surface area contributed by atoms with E-state index in [4.69, 9.17) is 4.74 Å². The Morgan fingerprint density at radius 1 is 1.30 bits per heavy atom. The van der Waals surface area contributed by atoms with E-state index in [0.717, 1.165) is 5.56 Å². The molecule has 6 nitrogen and oxygen atoms in total. The van der Waals surface area contributed by atoms with Crippen molar-refractivity contribution in [2.24, 2.45) is 7.05 Å². The van der Waals surface area contributed by atoms with Crippen LogP contribution in [0.15, 0.2) is 35.3 Å². The molecule has 4 rings (SSSR count). The molecular formula is C17H13F3N4O2S. The molecule has 4 aromatic rings. The number of nitrogens with zero attached hydrogens (tertiary/aromatic N) is 4. The second-order valence-corrected chi connectivity index (χ2v) is 6.95. The number of halogens is 3. The first-order chi connectivity index (χ1) is 12.8. The van der Waals surface area contributed by atoms with Gasteiger partial charge in [0.1, 0.15) is 11.3 Å². The van der Waals surface area contributed by atoms with Crippen LogP contribution in [0.25, 0.3) is 21.3 Å². The van der Waals surface area contributed by atoms with Gasteiger partial charge in [-0.3, -0.25) is 4.79 Å². The number of aryl methyl sites for hydroxylation is 1. The molecular weight excluding hydrogens is 381 g/mol. The van der Waals surface area contributed by atoms with E-state index in [1.165, 1.54) is 22.5 Å². The number of rotatable bonds is 3. The second kappa shape index (κ2) is 6.08. The van der Waals surface area contributed by atoms with Gasteiger partial charge < -0.3 is 9.30 Å². The Bertz CT molecular complexity index is 1220. The zero-order valence-corrected chi connectivity index (χ0v) is 15.1. The molecule has 0 spiro atoms. The van der Waals surface area contributed by atoms with Gasteiger partial charge in [-0.05, 0) is 17.7 Å². The summed E-state index contributed by atoms with van der Waals surface area (Å²) in [7, 11) is 3.08. The van der Waals surface area contributed by atoms with Gasteiger partial charge in [0.05, 0.1) is 24.6 Å². The molecule has 3 heterocycles. The largest absolute Gasteiger partial charge is 0.497 e. The summed E-state index contributed by atoms with van der Waals surface area (Å²) in [6.45, 7) is 0.214. The highest BCUT2D eigenvalue weighted by Crippen LogP contribution is 2.38. The van der Waals surface area contributed by atoms with Gasteiger partial charge in [0.25, 0.3) is 5.56 Å². The van der Waals surface area contributed by atoms with Gasteiger partial charge in [-0.15, -0.1) is 11.3 Å². The van der Waals surface area contributed by atoms with Gasteiger partial charge in [0.2, 0.25) is 5.01 Å². The quantitative estimate of drug-likeness (QED) is 0.534. The summed E-state index contributed by atoms with van der Waals surface area (Å²) in [4.78, 5) is 16.5. The molecule has 0 aliphatic heterocycles. The van der Waals surface area contributed by atoms with Crippen LogP contribution in [0.1, 0.15) is 10.6 Å². The average molecular weight is 394 g/mol. The van der Waals surface area contributed by atoms with Crippen molar-refractivity contribution in [2.45, 2.75) is 12.7 Å². The number of ether oxygens (including phenoxy) is 1. The van der Waals surface area contributed by atoms with Crippen molar-refractivity contribution in [3.05, 3.63) is 51.4 Å². The minimum absolute atomic E-state index is 0.125. The summed E-state index contributed by atoms with van der Waals surface area (Å²) in [5.74, 6) is 0.657.